The molecule has 1 aliphatic carbocycles. The molecule has 2 fully saturated rings. The van der Waals surface area contributed by atoms with Crippen LogP contribution in [0.4, 0.5) is 0 Å². The Bertz CT molecular complexity index is 1040. The highest BCUT2D eigenvalue weighted by Crippen LogP contribution is 2.32. The second-order valence-electron chi connectivity index (χ2n) is 8.27. The lowest BCUT2D eigenvalue weighted by Crippen LogP contribution is -2.42. The number of imidazole rings is 1. The van der Waals surface area contributed by atoms with Crippen LogP contribution < -0.4 is 0 Å². The Balaban J connectivity index is 1.40. The van der Waals surface area contributed by atoms with E-state index in [0.29, 0.717) is 10.9 Å². The standard InChI is InChI=1S/C23H25ClN4O/c24-18-10-11-22-25-13-21(28(22)15-18)20-9-3-8-19(26-20)17-7-4-12-27(14-17)23(29)16-5-1-2-6-16/h3,8-11,13,15-17H,1-2,4-7,12,14H2. The van der Waals surface area contributed by atoms with E-state index in [9.17, 15) is 4.79 Å². The van der Waals surface area contributed by atoms with Crippen molar-refractivity contribution in [1.82, 2.24) is 19.3 Å². The van der Waals surface area contributed by atoms with E-state index in [-0.39, 0.29) is 11.8 Å². The molecular formula is C23H25ClN4O. The summed E-state index contributed by atoms with van der Waals surface area (Å²) in [5.41, 5.74) is 3.72. The van der Waals surface area contributed by atoms with Crippen LogP contribution in [-0.4, -0.2) is 38.3 Å². The maximum atomic E-state index is 12.9. The van der Waals surface area contributed by atoms with E-state index in [1.54, 1.807) is 0 Å². The summed E-state index contributed by atoms with van der Waals surface area (Å²) in [6.07, 6.45) is 10.3. The minimum Gasteiger partial charge on any atom is -0.342 e. The average molecular weight is 409 g/mol. The van der Waals surface area contributed by atoms with Crippen LogP contribution in [0.25, 0.3) is 17.0 Å². The van der Waals surface area contributed by atoms with Gasteiger partial charge in [-0.25, -0.2) is 4.98 Å². The Kier molecular flexibility index (Phi) is 5.00. The first kappa shape index (κ1) is 18.6. The molecule has 5 nitrogen and oxygen atoms in total. The monoisotopic (exact) mass is 408 g/mol. The number of aromatic nitrogens is 3. The molecule has 2 aliphatic rings. The van der Waals surface area contributed by atoms with E-state index >= 15 is 0 Å². The zero-order valence-electron chi connectivity index (χ0n) is 16.4. The molecule has 29 heavy (non-hydrogen) atoms. The van der Waals surface area contributed by atoms with Crippen LogP contribution in [-0.2, 0) is 4.79 Å². The first-order valence-corrected chi connectivity index (χ1v) is 11.0. The highest BCUT2D eigenvalue weighted by molar-refractivity contribution is 6.30. The molecule has 1 unspecified atom stereocenters. The SMILES string of the molecule is O=C(C1CCCC1)N1CCCC(c2cccc(-c3cnc4ccc(Cl)cn34)n2)C1. The van der Waals surface area contributed by atoms with Crippen molar-refractivity contribution in [3.8, 4) is 11.4 Å². The van der Waals surface area contributed by atoms with Crippen LogP contribution in [0, 0.1) is 5.92 Å². The van der Waals surface area contributed by atoms with E-state index in [1.807, 2.05) is 35.0 Å². The summed E-state index contributed by atoms with van der Waals surface area (Å²) >= 11 is 6.18. The van der Waals surface area contributed by atoms with E-state index in [0.717, 1.165) is 61.5 Å². The molecule has 1 saturated carbocycles. The number of pyridine rings is 2. The molecule has 1 atom stereocenters. The predicted octanol–water partition coefficient (Wildman–Crippen LogP) is 4.95. The molecule has 1 amide bonds. The third-order valence-corrected chi connectivity index (χ3v) is 6.58. The van der Waals surface area contributed by atoms with Gasteiger partial charge in [0.1, 0.15) is 5.65 Å². The molecule has 0 bridgehead atoms. The molecule has 150 valence electrons. The quantitative estimate of drug-likeness (QED) is 0.616. The van der Waals surface area contributed by atoms with Crippen molar-refractivity contribution in [3.63, 3.8) is 0 Å². The van der Waals surface area contributed by atoms with Crippen molar-refractivity contribution in [1.29, 1.82) is 0 Å². The third kappa shape index (κ3) is 3.64. The van der Waals surface area contributed by atoms with Gasteiger partial charge < -0.3 is 4.90 Å². The summed E-state index contributed by atoms with van der Waals surface area (Å²) in [6, 6.07) is 9.91. The number of rotatable bonds is 3. The van der Waals surface area contributed by atoms with Gasteiger partial charge in [0.25, 0.3) is 0 Å². The molecule has 6 heteroatoms. The normalized spacial score (nSPS) is 20.4. The third-order valence-electron chi connectivity index (χ3n) is 6.36. The van der Waals surface area contributed by atoms with E-state index in [4.69, 9.17) is 16.6 Å². The zero-order valence-corrected chi connectivity index (χ0v) is 17.2. The summed E-state index contributed by atoms with van der Waals surface area (Å²) in [7, 11) is 0. The van der Waals surface area contributed by atoms with Gasteiger partial charge in [0.05, 0.1) is 22.6 Å². The number of carbonyl (C=O) groups is 1. The molecule has 3 aromatic heterocycles. The molecule has 0 radical (unpaired) electrons. The minimum absolute atomic E-state index is 0.246. The van der Waals surface area contributed by atoms with Gasteiger partial charge in [-0.3, -0.25) is 14.2 Å². The second-order valence-corrected chi connectivity index (χ2v) is 8.71. The number of likely N-dealkylation sites (tertiary alicyclic amines) is 1. The molecule has 0 aromatic carbocycles. The Morgan fingerprint density at radius 1 is 1.07 bits per heavy atom. The molecule has 1 saturated heterocycles. The van der Waals surface area contributed by atoms with E-state index in [2.05, 4.69) is 22.0 Å². The summed E-state index contributed by atoms with van der Waals surface area (Å²) in [5, 5.41) is 0.668. The maximum Gasteiger partial charge on any atom is 0.225 e. The van der Waals surface area contributed by atoms with Gasteiger partial charge in [-0.2, -0.15) is 0 Å². The number of carbonyl (C=O) groups excluding carboxylic acids is 1. The summed E-state index contributed by atoms with van der Waals surface area (Å²) in [6.45, 7) is 1.67. The Morgan fingerprint density at radius 2 is 1.93 bits per heavy atom. The molecule has 0 N–H and O–H groups in total. The number of nitrogens with zero attached hydrogens (tertiary/aromatic N) is 4. The summed E-state index contributed by atoms with van der Waals surface area (Å²) in [4.78, 5) is 24.4. The lowest BCUT2D eigenvalue weighted by molar-refractivity contribution is -0.136. The highest BCUT2D eigenvalue weighted by atomic mass is 35.5. The van der Waals surface area contributed by atoms with Crippen molar-refractivity contribution < 1.29 is 4.79 Å². The van der Waals surface area contributed by atoms with Crippen LogP contribution in [0.2, 0.25) is 5.02 Å². The van der Waals surface area contributed by atoms with Gasteiger partial charge in [-0.1, -0.05) is 30.5 Å². The molecular weight excluding hydrogens is 384 g/mol. The fourth-order valence-corrected chi connectivity index (χ4v) is 4.98. The van der Waals surface area contributed by atoms with Gasteiger partial charge in [-0.05, 0) is 49.9 Å². The number of fused-ring (bicyclic) bond motifs is 1. The lowest BCUT2D eigenvalue weighted by atomic mass is 9.92. The van der Waals surface area contributed by atoms with Crippen LogP contribution in [0.1, 0.15) is 50.1 Å². The fourth-order valence-electron chi connectivity index (χ4n) is 4.82. The second kappa shape index (κ2) is 7.79. The van der Waals surface area contributed by atoms with Crippen molar-refractivity contribution in [2.75, 3.05) is 13.1 Å². The lowest BCUT2D eigenvalue weighted by Gasteiger charge is -2.34. The van der Waals surface area contributed by atoms with Gasteiger partial charge >= 0.3 is 0 Å². The molecule has 1 aliphatic heterocycles. The Labute approximate surface area is 175 Å². The van der Waals surface area contributed by atoms with E-state index in [1.165, 1.54) is 12.8 Å². The number of hydrogen-bond acceptors (Lipinski definition) is 3. The summed E-state index contributed by atoms with van der Waals surface area (Å²) < 4.78 is 1.98. The molecule has 0 spiro atoms. The van der Waals surface area contributed by atoms with Gasteiger partial charge in [-0.15, -0.1) is 0 Å². The molecule has 3 aromatic rings. The zero-order chi connectivity index (χ0) is 19.8. The maximum absolute atomic E-state index is 12.9. The van der Waals surface area contributed by atoms with Gasteiger partial charge in [0, 0.05) is 36.8 Å². The average Bonchev–Trinajstić information content (AvgIpc) is 3.43. The van der Waals surface area contributed by atoms with Crippen LogP contribution in [0.5, 0.6) is 0 Å². The highest BCUT2D eigenvalue weighted by Gasteiger charge is 2.31. The van der Waals surface area contributed by atoms with Crippen molar-refractivity contribution in [3.05, 3.63) is 53.4 Å². The Hall–Kier alpha value is -2.40. The summed E-state index contributed by atoms with van der Waals surface area (Å²) in [5.74, 6) is 0.896. The smallest absolute Gasteiger partial charge is 0.225 e. The number of hydrogen-bond donors (Lipinski definition) is 0. The van der Waals surface area contributed by atoms with Crippen LogP contribution >= 0.6 is 11.6 Å². The van der Waals surface area contributed by atoms with Crippen LogP contribution in [0.3, 0.4) is 0 Å². The first-order valence-electron chi connectivity index (χ1n) is 10.6. The van der Waals surface area contributed by atoms with Crippen molar-refractivity contribution in [2.24, 2.45) is 5.92 Å². The number of piperidine rings is 1. The molecule has 5 rings (SSSR count). The number of amides is 1. The van der Waals surface area contributed by atoms with Crippen molar-refractivity contribution in [2.45, 2.75) is 44.4 Å². The van der Waals surface area contributed by atoms with Gasteiger partial charge in [0.2, 0.25) is 5.91 Å². The Morgan fingerprint density at radius 3 is 2.79 bits per heavy atom. The minimum atomic E-state index is 0.246. The van der Waals surface area contributed by atoms with Gasteiger partial charge in [0.15, 0.2) is 0 Å². The fraction of sp³-hybridized carbons (Fsp3) is 0.435. The predicted molar refractivity (Wildman–Crippen MR) is 114 cm³/mol. The largest absolute Gasteiger partial charge is 0.342 e. The van der Waals surface area contributed by atoms with Crippen LogP contribution in [0.15, 0.2) is 42.7 Å². The first-order chi connectivity index (χ1) is 14.2. The van der Waals surface area contributed by atoms with Crippen molar-refractivity contribution >= 4 is 23.2 Å². The molecule has 4 heterocycles. The topological polar surface area (TPSA) is 50.5 Å². The van der Waals surface area contributed by atoms with E-state index < -0.39 is 0 Å². The number of halogens is 1.